The number of aryl methyl sites for hydroxylation is 2. The van der Waals surface area contributed by atoms with Gasteiger partial charge in [-0.1, -0.05) is 66.2 Å². The van der Waals surface area contributed by atoms with Gasteiger partial charge in [0, 0.05) is 57.4 Å². The maximum absolute atomic E-state index is 12.8. The molecule has 5 nitrogen and oxygen atoms in total. The molecule has 5 aromatic rings. The molecule has 0 aliphatic rings. The van der Waals surface area contributed by atoms with Crippen LogP contribution in [0.2, 0.25) is 0 Å². The fraction of sp³-hybridized carbons (Fsp3) is 0.172. The summed E-state index contributed by atoms with van der Waals surface area (Å²) in [5.41, 5.74) is 5.71. The van der Waals surface area contributed by atoms with Crippen molar-refractivity contribution in [3.05, 3.63) is 101 Å². The molecule has 0 aliphatic heterocycles. The molecule has 5 rings (SSSR count). The fourth-order valence-corrected chi connectivity index (χ4v) is 5.39. The fourth-order valence-electron chi connectivity index (χ4n) is 4.44. The Morgan fingerprint density at radius 2 is 1.63 bits per heavy atom. The van der Waals surface area contributed by atoms with Gasteiger partial charge in [-0.3, -0.25) is 9.59 Å². The SMILES string of the molecule is Cc1ccc(Cn2cc(SCCNC(=O)C(=O)c3c(C)[nH]c4ccccc34)c3ccccc32)cc1. The number of carbonyl (C=O) groups is 2. The Balaban J connectivity index is 1.24. The van der Waals surface area contributed by atoms with Crippen molar-refractivity contribution in [2.24, 2.45) is 0 Å². The molecule has 2 N–H and O–H groups in total. The van der Waals surface area contributed by atoms with Crippen molar-refractivity contribution in [1.29, 1.82) is 0 Å². The van der Waals surface area contributed by atoms with Crippen molar-refractivity contribution in [2.45, 2.75) is 25.3 Å². The number of benzene rings is 3. The third-order valence-corrected chi connectivity index (χ3v) is 7.24. The number of aromatic nitrogens is 2. The predicted octanol–water partition coefficient (Wildman–Crippen LogP) is 5.88. The molecule has 176 valence electrons. The minimum absolute atomic E-state index is 0.411. The Hall–Kier alpha value is -3.77. The zero-order valence-corrected chi connectivity index (χ0v) is 20.6. The lowest BCUT2D eigenvalue weighted by Crippen LogP contribution is -2.32. The standard InChI is InChI=1S/C29H27N3O2S/c1-19-11-13-21(14-12-19)17-32-18-26(23-8-4-6-10-25(23)32)35-16-15-30-29(34)28(33)27-20(2)31-24-9-5-3-7-22(24)27/h3-14,18,31H,15-17H2,1-2H3,(H,30,34). The first-order valence-corrected chi connectivity index (χ1v) is 12.7. The third kappa shape index (κ3) is 4.75. The van der Waals surface area contributed by atoms with E-state index in [2.05, 4.69) is 70.5 Å². The average molecular weight is 482 g/mol. The van der Waals surface area contributed by atoms with Crippen LogP contribution in [-0.2, 0) is 11.3 Å². The van der Waals surface area contributed by atoms with E-state index < -0.39 is 11.7 Å². The van der Waals surface area contributed by atoms with E-state index in [1.807, 2.05) is 37.3 Å². The van der Waals surface area contributed by atoms with E-state index in [1.54, 1.807) is 11.8 Å². The van der Waals surface area contributed by atoms with Crippen molar-refractivity contribution >= 4 is 45.3 Å². The minimum atomic E-state index is -0.569. The number of H-pyrrole nitrogens is 1. The maximum atomic E-state index is 12.8. The summed E-state index contributed by atoms with van der Waals surface area (Å²) in [7, 11) is 0. The van der Waals surface area contributed by atoms with Crippen molar-refractivity contribution in [1.82, 2.24) is 14.9 Å². The maximum Gasteiger partial charge on any atom is 0.292 e. The van der Waals surface area contributed by atoms with Gasteiger partial charge in [-0.15, -0.1) is 11.8 Å². The van der Waals surface area contributed by atoms with Gasteiger partial charge in [0.05, 0.1) is 5.56 Å². The lowest BCUT2D eigenvalue weighted by atomic mass is 10.1. The van der Waals surface area contributed by atoms with Gasteiger partial charge in [0.25, 0.3) is 11.7 Å². The molecule has 3 aromatic carbocycles. The van der Waals surface area contributed by atoms with Crippen LogP contribution in [0, 0.1) is 13.8 Å². The van der Waals surface area contributed by atoms with Gasteiger partial charge in [-0.05, 0) is 31.5 Å². The number of ketones is 1. The molecule has 0 spiro atoms. The summed E-state index contributed by atoms with van der Waals surface area (Å²) in [6, 6.07) is 24.5. The second kappa shape index (κ2) is 9.84. The zero-order chi connectivity index (χ0) is 24.4. The van der Waals surface area contributed by atoms with Crippen molar-refractivity contribution in [3.63, 3.8) is 0 Å². The lowest BCUT2D eigenvalue weighted by Gasteiger charge is -2.06. The Bertz CT molecular complexity index is 1530. The summed E-state index contributed by atoms with van der Waals surface area (Å²) < 4.78 is 2.27. The Labute approximate surface area is 208 Å². The van der Waals surface area contributed by atoms with E-state index in [4.69, 9.17) is 0 Å². The number of hydrogen-bond donors (Lipinski definition) is 2. The van der Waals surface area contributed by atoms with Crippen LogP contribution < -0.4 is 5.32 Å². The van der Waals surface area contributed by atoms with Crippen LogP contribution in [0.3, 0.4) is 0 Å². The first-order chi connectivity index (χ1) is 17.0. The molecule has 2 aromatic heterocycles. The number of Topliss-reactive ketones (excluding diaryl/α,β-unsaturated/α-hetero) is 1. The molecule has 0 unspecified atom stereocenters. The highest BCUT2D eigenvalue weighted by molar-refractivity contribution is 7.99. The minimum Gasteiger partial charge on any atom is -0.358 e. The van der Waals surface area contributed by atoms with Crippen molar-refractivity contribution in [2.75, 3.05) is 12.3 Å². The Morgan fingerprint density at radius 1 is 0.914 bits per heavy atom. The predicted molar refractivity (Wildman–Crippen MR) is 143 cm³/mol. The number of nitrogens with one attached hydrogen (secondary N) is 2. The Kier molecular flexibility index (Phi) is 6.47. The molecule has 0 fully saturated rings. The molecule has 0 aliphatic carbocycles. The van der Waals surface area contributed by atoms with Crippen LogP contribution in [0.25, 0.3) is 21.8 Å². The number of aromatic amines is 1. The number of thioether (sulfide) groups is 1. The number of rotatable bonds is 8. The first-order valence-electron chi connectivity index (χ1n) is 11.7. The third-order valence-electron chi connectivity index (χ3n) is 6.20. The highest BCUT2D eigenvalue weighted by atomic mass is 32.2. The van der Waals surface area contributed by atoms with E-state index in [1.165, 1.54) is 26.9 Å². The number of nitrogens with zero attached hydrogens (tertiary/aromatic N) is 1. The van der Waals surface area contributed by atoms with Crippen LogP contribution in [0.4, 0.5) is 0 Å². The van der Waals surface area contributed by atoms with Gasteiger partial charge in [-0.2, -0.15) is 0 Å². The van der Waals surface area contributed by atoms with Crippen LogP contribution in [-0.4, -0.2) is 33.5 Å². The molecule has 1 amide bonds. The van der Waals surface area contributed by atoms with Crippen molar-refractivity contribution in [3.8, 4) is 0 Å². The van der Waals surface area contributed by atoms with Gasteiger partial charge in [0.15, 0.2) is 0 Å². The van der Waals surface area contributed by atoms with E-state index in [0.29, 0.717) is 23.6 Å². The number of fused-ring (bicyclic) bond motifs is 2. The second-order valence-electron chi connectivity index (χ2n) is 8.73. The molecule has 0 saturated carbocycles. The largest absolute Gasteiger partial charge is 0.358 e. The van der Waals surface area contributed by atoms with E-state index in [-0.39, 0.29) is 0 Å². The smallest absolute Gasteiger partial charge is 0.292 e. The van der Waals surface area contributed by atoms with Crippen LogP contribution in [0.15, 0.2) is 83.9 Å². The first kappa shape index (κ1) is 23.0. The molecule has 0 atom stereocenters. The van der Waals surface area contributed by atoms with Crippen LogP contribution in [0.1, 0.15) is 27.2 Å². The number of amides is 1. The summed E-state index contributed by atoms with van der Waals surface area (Å²) in [5, 5.41) is 4.78. The summed E-state index contributed by atoms with van der Waals surface area (Å²) in [6.45, 7) is 5.13. The highest BCUT2D eigenvalue weighted by Gasteiger charge is 2.22. The van der Waals surface area contributed by atoms with E-state index in [0.717, 1.165) is 17.4 Å². The summed E-state index contributed by atoms with van der Waals surface area (Å²) >= 11 is 1.69. The van der Waals surface area contributed by atoms with Gasteiger partial charge < -0.3 is 14.9 Å². The monoisotopic (exact) mass is 481 g/mol. The van der Waals surface area contributed by atoms with Gasteiger partial charge in [0.1, 0.15) is 0 Å². The average Bonchev–Trinajstić information content (AvgIpc) is 3.39. The quantitative estimate of drug-likeness (QED) is 0.126. The molecular formula is C29H27N3O2S. The molecule has 0 radical (unpaired) electrons. The molecular weight excluding hydrogens is 454 g/mol. The molecule has 0 saturated heterocycles. The van der Waals surface area contributed by atoms with Crippen LogP contribution >= 0.6 is 11.8 Å². The Morgan fingerprint density at radius 3 is 2.43 bits per heavy atom. The van der Waals surface area contributed by atoms with Crippen LogP contribution in [0.5, 0.6) is 0 Å². The highest BCUT2D eigenvalue weighted by Crippen LogP contribution is 2.30. The summed E-state index contributed by atoms with van der Waals surface area (Å²) in [5.74, 6) is -0.398. The normalized spacial score (nSPS) is 11.3. The topological polar surface area (TPSA) is 66.9 Å². The summed E-state index contributed by atoms with van der Waals surface area (Å²) in [4.78, 5) is 29.8. The lowest BCUT2D eigenvalue weighted by molar-refractivity contribution is -0.116. The number of para-hydroxylation sites is 2. The second-order valence-corrected chi connectivity index (χ2v) is 9.86. The van der Waals surface area contributed by atoms with Gasteiger partial charge >= 0.3 is 0 Å². The number of hydrogen-bond acceptors (Lipinski definition) is 3. The molecule has 35 heavy (non-hydrogen) atoms. The van der Waals surface area contributed by atoms with Gasteiger partial charge in [0.2, 0.25) is 0 Å². The molecule has 0 bridgehead atoms. The van der Waals surface area contributed by atoms with Gasteiger partial charge in [-0.25, -0.2) is 0 Å². The summed E-state index contributed by atoms with van der Waals surface area (Å²) in [6.07, 6.45) is 2.18. The molecule has 2 heterocycles. The molecule has 6 heteroatoms. The number of carbonyl (C=O) groups excluding carboxylic acids is 2. The van der Waals surface area contributed by atoms with Crippen molar-refractivity contribution < 1.29 is 9.59 Å². The van der Waals surface area contributed by atoms with E-state index >= 15 is 0 Å². The van der Waals surface area contributed by atoms with E-state index in [9.17, 15) is 9.59 Å². The zero-order valence-electron chi connectivity index (χ0n) is 19.8.